The third-order valence-electron chi connectivity index (χ3n) is 5.49. The molecule has 0 unspecified atom stereocenters. The fraction of sp³-hybridized carbons (Fsp3) is 0.333. The van der Waals surface area contributed by atoms with Gasteiger partial charge in [0.05, 0.1) is 18.2 Å². The first kappa shape index (κ1) is 25.1. The van der Waals surface area contributed by atoms with Crippen molar-refractivity contribution in [3.05, 3.63) is 70.6 Å². The van der Waals surface area contributed by atoms with Crippen LogP contribution in [0.4, 0.5) is 10.2 Å². The summed E-state index contributed by atoms with van der Waals surface area (Å²) in [5, 5.41) is 17.8. The van der Waals surface area contributed by atoms with Crippen molar-refractivity contribution in [3.63, 3.8) is 0 Å². The van der Waals surface area contributed by atoms with E-state index in [1.54, 1.807) is 12.3 Å². The Morgan fingerprint density at radius 3 is 2.89 bits per heavy atom. The van der Waals surface area contributed by atoms with Gasteiger partial charge in [0.2, 0.25) is 5.78 Å². The Labute approximate surface area is 205 Å². The van der Waals surface area contributed by atoms with Crippen LogP contribution in [0, 0.1) is 5.82 Å². The largest absolute Gasteiger partial charge is 0.390 e. The van der Waals surface area contributed by atoms with Crippen molar-refractivity contribution in [1.29, 1.82) is 0 Å². The van der Waals surface area contributed by atoms with Crippen LogP contribution in [-0.2, 0) is 21.0 Å². The Morgan fingerprint density at radius 2 is 2.14 bits per heavy atom. The van der Waals surface area contributed by atoms with Crippen molar-refractivity contribution in [1.82, 2.24) is 24.5 Å². The van der Waals surface area contributed by atoms with E-state index in [1.807, 2.05) is 4.72 Å². The van der Waals surface area contributed by atoms with E-state index in [2.05, 4.69) is 20.4 Å². The minimum absolute atomic E-state index is 0.133. The molecule has 1 aromatic carbocycles. The number of halogens is 2. The van der Waals surface area contributed by atoms with Crippen molar-refractivity contribution in [2.45, 2.75) is 37.6 Å². The zero-order valence-electron chi connectivity index (χ0n) is 18.4. The highest BCUT2D eigenvalue weighted by Gasteiger charge is 2.37. The number of rotatable bonds is 9. The predicted octanol–water partition coefficient (Wildman–Crippen LogP) is 1.53. The molecule has 1 fully saturated rings. The van der Waals surface area contributed by atoms with Crippen LogP contribution in [0.5, 0.6) is 0 Å². The Kier molecular flexibility index (Phi) is 7.42. The molecule has 1 aliphatic carbocycles. The first-order chi connectivity index (χ1) is 16.6. The van der Waals surface area contributed by atoms with Crippen molar-refractivity contribution in [3.8, 4) is 0 Å². The molecule has 2 aromatic heterocycles. The SMILES string of the molecule is CNS(=O)(=O)O[C@@H]1C[C@H](Nc2ncncc2C(=O)c2ccn(Cc3ccc(F)cc3Cl)n2)C[C@@H]1O. The third-order valence-corrected chi connectivity index (χ3v) is 6.84. The van der Waals surface area contributed by atoms with Crippen LogP contribution in [0.15, 0.2) is 43.0 Å². The molecule has 0 saturated heterocycles. The van der Waals surface area contributed by atoms with Gasteiger partial charge in [-0.25, -0.2) is 14.4 Å². The molecular weight excluding hydrogens is 503 g/mol. The number of hydrogen-bond acceptors (Lipinski definition) is 9. The van der Waals surface area contributed by atoms with Gasteiger partial charge in [0.15, 0.2) is 0 Å². The average molecular weight is 525 g/mol. The number of anilines is 1. The van der Waals surface area contributed by atoms with Gasteiger partial charge in [0.1, 0.15) is 29.8 Å². The van der Waals surface area contributed by atoms with Crippen LogP contribution < -0.4 is 10.0 Å². The highest BCUT2D eigenvalue weighted by Crippen LogP contribution is 2.28. The average Bonchev–Trinajstić information content (AvgIpc) is 3.42. The Balaban J connectivity index is 1.47. The summed E-state index contributed by atoms with van der Waals surface area (Å²) in [4.78, 5) is 21.2. The van der Waals surface area contributed by atoms with Crippen LogP contribution in [0.2, 0.25) is 5.02 Å². The Morgan fingerprint density at radius 1 is 1.34 bits per heavy atom. The summed E-state index contributed by atoms with van der Waals surface area (Å²) >= 11 is 6.07. The summed E-state index contributed by atoms with van der Waals surface area (Å²) in [6, 6.07) is 5.17. The summed E-state index contributed by atoms with van der Waals surface area (Å²) in [6.45, 7) is 0.236. The second kappa shape index (κ2) is 10.3. The number of nitrogens with zero attached hydrogens (tertiary/aromatic N) is 4. The summed E-state index contributed by atoms with van der Waals surface area (Å²) in [5.74, 6) is -0.674. The highest BCUT2D eigenvalue weighted by atomic mass is 35.5. The van der Waals surface area contributed by atoms with E-state index in [0.29, 0.717) is 5.56 Å². The fourth-order valence-corrected chi connectivity index (χ4v) is 4.60. The molecule has 0 spiro atoms. The molecular formula is C21H22ClFN6O5S. The number of aromatic nitrogens is 4. The molecule has 186 valence electrons. The monoisotopic (exact) mass is 524 g/mol. The lowest BCUT2D eigenvalue weighted by atomic mass is 10.1. The second-order valence-electron chi connectivity index (χ2n) is 7.92. The lowest BCUT2D eigenvalue weighted by Gasteiger charge is -2.15. The molecule has 14 heteroatoms. The Bertz CT molecular complexity index is 1340. The maximum atomic E-state index is 13.3. The summed E-state index contributed by atoms with van der Waals surface area (Å²) < 4.78 is 45.1. The van der Waals surface area contributed by atoms with Gasteiger partial charge in [-0.15, -0.1) is 0 Å². The number of hydrogen-bond donors (Lipinski definition) is 3. The third kappa shape index (κ3) is 6.00. The van der Waals surface area contributed by atoms with E-state index >= 15 is 0 Å². The van der Waals surface area contributed by atoms with Gasteiger partial charge in [-0.2, -0.15) is 18.2 Å². The van der Waals surface area contributed by atoms with E-state index in [-0.39, 0.29) is 41.5 Å². The van der Waals surface area contributed by atoms with Crippen LogP contribution in [0.25, 0.3) is 0 Å². The van der Waals surface area contributed by atoms with Gasteiger partial charge in [0, 0.05) is 30.5 Å². The van der Waals surface area contributed by atoms with Crippen molar-refractivity contribution in [2.24, 2.45) is 0 Å². The number of carbonyl (C=O) groups excluding carboxylic acids is 1. The maximum Gasteiger partial charge on any atom is 0.335 e. The standard InChI is InChI=1S/C21H22ClFN6O5S/c1-24-35(32,33)34-19-8-14(7-18(19)30)27-21-15(9-25-11-26-21)20(31)17-4-5-29(28-17)10-12-2-3-13(23)6-16(12)22/h2-6,9,11,14,18-19,24,30H,7-8,10H2,1H3,(H,25,26,27)/t14-,18+,19-/m1/s1. The number of aliphatic hydroxyl groups excluding tert-OH is 1. The lowest BCUT2D eigenvalue weighted by molar-refractivity contribution is 0.0636. The molecule has 0 amide bonds. The molecule has 11 nitrogen and oxygen atoms in total. The summed E-state index contributed by atoms with van der Waals surface area (Å²) in [5.41, 5.74) is 0.922. The number of ketones is 1. The van der Waals surface area contributed by atoms with Crippen molar-refractivity contribution in [2.75, 3.05) is 12.4 Å². The topological polar surface area (TPSA) is 148 Å². The molecule has 4 rings (SSSR count). The van der Waals surface area contributed by atoms with Gasteiger partial charge < -0.3 is 10.4 Å². The van der Waals surface area contributed by atoms with Gasteiger partial charge in [-0.1, -0.05) is 17.7 Å². The molecule has 0 bridgehead atoms. The Hall–Kier alpha value is -2.97. The van der Waals surface area contributed by atoms with E-state index in [1.165, 1.54) is 42.5 Å². The number of aliphatic hydroxyl groups is 1. The quantitative estimate of drug-likeness (QED) is 0.354. The van der Waals surface area contributed by atoms with Crippen LogP contribution in [0.3, 0.4) is 0 Å². The fourth-order valence-electron chi connectivity index (χ4n) is 3.75. The number of nitrogens with one attached hydrogen (secondary N) is 2. The predicted molar refractivity (Wildman–Crippen MR) is 124 cm³/mol. The van der Waals surface area contributed by atoms with Gasteiger partial charge in [0.25, 0.3) is 0 Å². The smallest absolute Gasteiger partial charge is 0.335 e. The highest BCUT2D eigenvalue weighted by molar-refractivity contribution is 7.84. The molecule has 0 radical (unpaired) electrons. The molecule has 3 aromatic rings. The van der Waals surface area contributed by atoms with Crippen molar-refractivity contribution >= 4 is 33.5 Å². The molecule has 3 N–H and O–H groups in total. The van der Waals surface area contributed by atoms with E-state index in [9.17, 15) is 22.7 Å². The first-order valence-electron chi connectivity index (χ1n) is 10.5. The van der Waals surface area contributed by atoms with Crippen LogP contribution >= 0.6 is 11.6 Å². The second-order valence-corrected chi connectivity index (χ2v) is 9.84. The number of carbonyl (C=O) groups is 1. The van der Waals surface area contributed by atoms with E-state index in [0.717, 1.165) is 0 Å². The summed E-state index contributed by atoms with van der Waals surface area (Å²) in [6.07, 6.45) is 2.60. The van der Waals surface area contributed by atoms with Gasteiger partial charge >= 0.3 is 10.3 Å². The van der Waals surface area contributed by atoms with Gasteiger partial charge in [-0.3, -0.25) is 13.7 Å². The minimum Gasteiger partial charge on any atom is -0.390 e. The van der Waals surface area contributed by atoms with E-state index in [4.69, 9.17) is 15.8 Å². The van der Waals surface area contributed by atoms with E-state index < -0.39 is 40.2 Å². The normalized spacial score (nSPS) is 20.2. The first-order valence-corrected chi connectivity index (χ1v) is 12.3. The number of benzene rings is 1. The zero-order valence-corrected chi connectivity index (χ0v) is 20.0. The zero-order chi connectivity index (χ0) is 25.2. The maximum absolute atomic E-state index is 13.3. The lowest BCUT2D eigenvalue weighted by Crippen LogP contribution is -2.31. The molecule has 1 saturated carbocycles. The summed E-state index contributed by atoms with van der Waals surface area (Å²) in [7, 11) is -2.76. The molecule has 0 aliphatic heterocycles. The van der Waals surface area contributed by atoms with Crippen molar-refractivity contribution < 1.29 is 26.9 Å². The molecule has 3 atom stereocenters. The molecule has 35 heavy (non-hydrogen) atoms. The minimum atomic E-state index is -3.97. The molecule has 2 heterocycles. The van der Waals surface area contributed by atoms with Crippen LogP contribution in [0.1, 0.15) is 34.5 Å². The van der Waals surface area contributed by atoms with Crippen LogP contribution in [-0.4, -0.2) is 64.4 Å². The molecule has 1 aliphatic rings. The van der Waals surface area contributed by atoms with Gasteiger partial charge in [-0.05, 0) is 36.6 Å².